The van der Waals surface area contributed by atoms with E-state index in [1.807, 2.05) is 0 Å². The standard InChI is InChI=1S/C6H7N3O2/c10-6(11)4-1-5-2-7-8-9(5)3-4/h2,4H,1,3H2,(H,10,11). The van der Waals surface area contributed by atoms with E-state index in [0.717, 1.165) is 5.69 Å². The van der Waals surface area contributed by atoms with Gasteiger partial charge in [0.05, 0.1) is 24.4 Å². The maximum atomic E-state index is 10.5. The Kier molecular flexibility index (Phi) is 1.18. The third-order valence-electron chi connectivity index (χ3n) is 1.90. The van der Waals surface area contributed by atoms with Crippen molar-refractivity contribution in [3.63, 3.8) is 0 Å². The van der Waals surface area contributed by atoms with E-state index in [1.54, 1.807) is 10.9 Å². The summed E-state index contributed by atoms with van der Waals surface area (Å²) in [5.41, 5.74) is 0.914. The molecule has 1 N–H and O–H groups in total. The van der Waals surface area contributed by atoms with Crippen molar-refractivity contribution in [3.05, 3.63) is 11.9 Å². The third kappa shape index (κ3) is 0.886. The Balaban J connectivity index is 2.22. The fraction of sp³-hybridized carbons (Fsp3) is 0.500. The number of hydrogen-bond donors (Lipinski definition) is 1. The summed E-state index contributed by atoms with van der Waals surface area (Å²) in [4.78, 5) is 10.5. The summed E-state index contributed by atoms with van der Waals surface area (Å²) < 4.78 is 1.64. The van der Waals surface area contributed by atoms with Gasteiger partial charge in [-0.1, -0.05) is 5.21 Å². The topological polar surface area (TPSA) is 68.0 Å². The molecule has 0 amide bonds. The van der Waals surface area contributed by atoms with Gasteiger partial charge in [-0.25, -0.2) is 4.68 Å². The van der Waals surface area contributed by atoms with Gasteiger partial charge in [0.25, 0.3) is 0 Å². The smallest absolute Gasteiger partial charge is 0.308 e. The van der Waals surface area contributed by atoms with Gasteiger partial charge in [-0.2, -0.15) is 0 Å². The minimum absolute atomic E-state index is 0.305. The zero-order valence-electron chi connectivity index (χ0n) is 5.77. The van der Waals surface area contributed by atoms with Crippen LogP contribution in [0.3, 0.4) is 0 Å². The number of aromatic nitrogens is 3. The maximum absolute atomic E-state index is 10.5. The third-order valence-corrected chi connectivity index (χ3v) is 1.90. The minimum Gasteiger partial charge on any atom is -0.481 e. The summed E-state index contributed by atoms with van der Waals surface area (Å²) >= 11 is 0. The van der Waals surface area contributed by atoms with Crippen LogP contribution in [0.1, 0.15) is 5.69 Å². The lowest BCUT2D eigenvalue weighted by molar-refractivity contribution is -0.141. The van der Waals surface area contributed by atoms with Crippen molar-refractivity contribution in [2.45, 2.75) is 13.0 Å². The fourth-order valence-electron chi connectivity index (χ4n) is 1.28. The van der Waals surface area contributed by atoms with Crippen LogP contribution in [0.25, 0.3) is 0 Å². The van der Waals surface area contributed by atoms with Gasteiger partial charge in [0.2, 0.25) is 0 Å². The maximum Gasteiger partial charge on any atom is 0.308 e. The largest absolute Gasteiger partial charge is 0.481 e. The number of fused-ring (bicyclic) bond motifs is 1. The molecule has 5 nitrogen and oxygen atoms in total. The summed E-state index contributed by atoms with van der Waals surface area (Å²) in [6.45, 7) is 0.463. The van der Waals surface area contributed by atoms with Gasteiger partial charge < -0.3 is 5.11 Å². The number of carboxylic acid groups (broad SMARTS) is 1. The normalized spacial score (nSPS) is 21.6. The zero-order chi connectivity index (χ0) is 7.84. The Labute approximate surface area is 62.6 Å². The van der Waals surface area contributed by atoms with Crippen molar-refractivity contribution in [1.82, 2.24) is 15.0 Å². The van der Waals surface area contributed by atoms with E-state index in [4.69, 9.17) is 5.11 Å². The molecule has 0 fully saturated rings. The number of carboxylic acids is 1. The Morgan fingerprint density at radius 3 is 3.27 bits per heavy atom. The highest BCUT2D eigenvalue weighted by Gasteiger charge is 2.27. The minimum atomic E-state index is -0.754. The summed E-state index contributed by atoms with van der Waals surface area (Å²) in [5.74, 6) is -1.06. The number of carbonyl (C=O) groups is 1. The monoisotopic (exact) mass is 153 g/mol. The summed E-state index contributed by atoms with van der Waals surface area (Å²) in [7, 11) is 0. The number of hydrogen-bond acceptors (Lipinski definition) is 3. The first-order valence-corrected chi connectivity index (χ1v) is 3.37. The number of nitrogens with zero attached hydrogens (tertiary/aromatic N) is 3. The second-order valence-corrected chi connectivity index (χ2v) is 2.65. The molecule has 58 valence electrons. The Bertz CT molecular complexity index is 273. The van der Waals surface area contributed by atoms with Crippen molar-refractivity contribution in [2.75, 3.05) is 0 Å². The molecule has 1 atom stereocenters. The van der Waals surface area contributed by atoms with Crippen LogP contribution in [0.2, 0.25) is 0 Å². The van der Waals surface area contributed by atoms with Crippen LogP contribution in [-0.2, 0) is 17.8 Å². The molecule has 0 saturated carbocycles. The van der Waals surface area contributed by atoms with E-state index in [-0.39, 0.29) is 5.92 Å². The van der Waals surface area contributed by atoms with Gasteiger partial charge in [0, 0.05) is 6.42 Å². The summed E-state index contributed by atoms with van der Waals surface area (Å²) in [6.07, 6.45) is 2.17. The van der Waals surface area contributed by atoms with Gasteiger partial charge in [-0.15, -0.1) is 5.10 Å². The number of aliphatic carboxylic acids is 1. The van der Waals surface area contributed by atoms with Crippen LogP contribution in [0.15, 0.2) is 6.20 Å². The highest BCUT2D eigenvalue weighted by molar-refractivity contribution is 5.70. The van der Waals surface area contributed by atoms with Crippen LogP contribution in [0.4, 0.5) is 0 Å². The first kappa shape index (κ1) is 6.33. The molecular weight excluding hydrogens is 146 g/mol. The lowest BCUT2D eigenvalue weighted by Gasteiger charge is -1.98. The molecule has 1 unspecified atom stereocenters. The van der Waals surface area contributed by atoms with Crippen molar-refractivity contribution in [2.24, 2.45) is 5.92 Å². The second-order valence-electron chi connectivity index (χ2n) is 2.65. The molecule has 1 aromatic heterocycles. The lowest BCUT2D eigenvalue weighted by atomic mass is 10.1. The van der Waals surface area contributed by atoms with E-state index < -0.39 is 5.97 Å². The van der Waals surface area contributed by atoms with Gasteiger partial charge >= 0.3 is 5.97 Å². The zero-order valence-corrected chi connectivity index (χ0v) is 5.77. The van der Waals surface area contributed by atoms with Gasteiger partial charge in [0.15, 0.2) is 0 Å². The summed E-state index contributed by atoms with van der Waals surface area (Å²) in [5, 5.41) is 16.0. The van der Waals surface area contributed by atoms with Crippen LogP contribution in [0.5, 0.6) is 0 Å². The SMILES string of the molecule is O=C(O)C1Cc2cnnn2C1. The van der Waals surface area contributed by atoms with Crippen LogP contribution < -0.4 is 0 Å². The van der Waals surface area contributed by atoms with Crippen molar-refractivity contribution < 1.29 is 9.90 Å². The molecule has 0 aromatic carbocycles. The molecule has 1 aromatic rings. The van der Waals surface area contributed by atoms with E-state index in [9.17, 15) is 4.79 Å². The molecule has 0 bridgehead atoms. The molecule has 0 spiro atoms. The van der Waals surface area contributed by atoms with Crippen LogP contribution >= 0.6 is 0 Å². The van der Waals surface area contributed by atoms with Crippen LogP contribution in [-0.4, -0.2) is 26.1 Å². The van der Waals surface area contributed by atoms with Crippen molar-refractivity contribution in [3.8, 4) is 0 Å². The molecule has 0 radical (unpaired) electrons. The Morgan fingerprint density at radius 1 is 1.82 bits per heavy atom. The van der Waals surface area contributed by atoms with Gasteiger partial charge in [-0.05, 0) is 0 Å². The molecule has 5 heteroatoms. The highest BCUT2D eigenvalue weighted by atomic mass is 16.4. The number of rotatable bonds is 1. The quantitative estimate of drug-likeness (QED) is 0.592. The molecule has 11 heavy (non-hydrogen) atoms. The van der Waals surface area contributed by atoms with Crippen molar-refractivity contribution >= 4 is 5.97 Å². The highest BCUT2D eigenvalue weighted by Crippen LogP contribution is 2.17. The van der Waals surface area contributed by atoms with E-state index in [0.29, 0.717) is 13.0 Å². The van der Waals surface area contributed by atoms with Gasteiger partial charge in [0.1, 0.15) is 0 Å². The first-order valence-electron chi connectivity index (χ1n) is 3.37. The molecule has 2 rings (SSSR count). The molecule has 0 aliphatic carbocycles. The molecule has 1 aliphatic heterocycles. The lowest BCUT2D eigenvalue weighted by Crippen LogP contribution is -2.15. The average molecular weight is 153 g/mol. The summed E-state index contributed by atoms with van der Waals surface area (Å²) in [6, 6.07) is 0. The van der Waals surface area contributed by atoms with Crippen molar-refractivity contribution in [1.29, 1.82) is 0 Å². The average Bonchev–Trinajstić information content (AvgIpc) is 2.40. The van der Waals surface area contributed by atoms with E-state index in [1.165, 1.54) is 0 Å². The van der Waals surface area contributed by atoms with Gasteiger partial charge in [-0.3, -0.25) is 4.79 Å². The Morgan fingerprint density at radius 2 is 2.64 bits per heavy atom. The molecule has 1 aliphatic rings. The first-order chi connectivity index (χ1) is 5.27. The predicted octanol–water partition coefficient (Wildman–Crippen LogP) is -0.465. The van der Waals surface area contributed by atoms with Crippen LogP contribution in [0, 0.1) is 5.92 Å². The molecular formula is C6H7N3O2. The second kappa shape index (κ2) is 2.05. The van der Waals surface area contributed by atoms with E-state index in [2.05, 4.69) is 10.3 Å². The predicted molar refractivity (Wildman–Crippen MR) is 34.9 cm³/mol. The Hall–Kier alpha value is -1.39. The molecule has 2 heterocycles. The molecule has 0 saturated heterocycles. The van der Waals surface area contributed by atoms with E-state index >= 15 is 0 Å². The fourth-order valence-corrected chi connectivity index (χ4v) is 1.28.